The fraction of sp³-hybridized carbons (Fsp3) is 0.348. The van der Waals surface area contributed by atoms with Gasteiger partial charge in [0.1, 0.15) is 0 Å². The van der Waals surface area contributed by atoms with E-state index in [1.54, 1.807) is 6.92 Å². The lowest BCUT2D eigenvalue weighted by molar-refractivity contribution is -0.119. The standard InChI is InChI=1S/C23H26ClN3O/c1-17(28)26-16-23(19-6-8-20(24)9-7-19)10-12-27(13-11-23)15-18-14-25-22-5-3-2-4-21(18)22/h2-9,14,25H,10-13,15-16H2,1H3,(H,26,28). The Morgan fingerprint density at radius 2 is 1.86 bits per heavy atom. The third-order valence-electron chi connectivity index (χ3n) is 6.01. The molecule has 1 fully saturated rings. The zero-order valence-electron chi connectivity index (χ0n) is 16.2. The Morgan fingerprint density at radius 3 is 2.57 bits per heavy atom. The number of nitrogens with one attached hydrogen (secondary N) is 2. The molecule has 1 amide bonds. The zero-order chi connectivity index (χ0) is 19.6. The molecule has 5 heteroatoms. The Kier molecular flexibility index (Phi) is 5.42. The van der Waals surface area contributed by atoms with Gasteiger partial charge in [0.15, 0.2) is 0 Å². The number of nitrogens with zero attached hydrogens (tertiary/aromatic N) is 1. The van der Waals surface area contributed by atoms with Crippen LogP contribution in [0.3, 0.4) is 0 Å². The van der Waals surface area contributed by atoms with Crippen molar-refractivity contribution in [3.63, 3.8) is 0 Å². The van der Waals surface area contributed by atoms with Crippen molar-refractivity contribution in [3.05, 3.63) is 70.9 Å². The van der Waals surface area contributed by atoms with E-state index in [9.17, 15) is 4.79 Å². The number of rotatable bonds is 5. The first-order valence-corrected chi connectivity index (χ1v) is 10.2. The van der Waals surface area contributed by atoms with E-state index in [0.29, 0.717) is 6.54 Å². The molecule has 1 aliphatic rings. The number of halogens is 1. The molecule has 1 aromatic heterocycles. The second kappa shape index (κ2) is 7.98. The molecule has 0 spiro atoms. The molecule has 4 nitrogen and oxygen atoms in total. The van der Waals surface area contributed by atoms with Gasteiger partial charge >= 0.3 is 0 Å². The summed E-state index contributed by atoms with van der Waals surface area (Å²) in [7, 11) is 0. The Balaban J connectivity index is 1.49. The maximum atomic E-state index is 11.6. The number of likely N-dealkylation sites (tertiary alicyclic amines) is 1. The van der Waals surface area contributed by atoms with Gasteiger partial charge in [-0.25, -0.2) is 0 Å². The molecule has 3 aromatic rings. The van der Waals surface area contributed by atoms with Crippen LogP contribution in [0.4, 0.5) is 0 Å². The first-order chi connectivity index (χ1) is 13.6. The number of H-pyrrole nitrogens is 1. The lowest BCUT2D eigenvalue weighted by atomic mass is 9.72. The molecule has 2 aromatic carbocycles. The average Bonchev–Trinajstić information content (AvgIpc) is 3.11. The summed E-state index contributed by atoms with van der Waals surface area (Å²) < 4.78 is 0. The summed E-state index contributed by atoms with van der Waals surface area (Å²) in [6.45, 7) is 5.21. The molecule has 2 heterocycles. The van der Waals surface area contributed by atoms with Crippen LogP contribution in [0.1, 0.15) is 30.9 Å². The molecule has 1 saturated heterocycles. The highest BCUT2D eigenvalue weighted by Crippen LogP contribution is 2.36. The highest BCUT2D eigenvalue weighted by molar-refractivity contribution is 6.30. The van der Waals surface area contributed by atoms with Crippen LogP contribution in [0.5, 0.6) is 0 Å². The van der Waals surface area contributed by atoms with E-state index in [2.05, 4.69) is 57.8 Å². The van der Waals surface area contributed by atoms with E-state index < -0.39 is 0 Å². The van der Waals surface area contributed by atoms with E-state index in [4.69, 9.17) is 11.6 Å². The SMILES string of the molecule is CC(=O)NCC1(c2ccc(Cl)cc2)CCN(Cc2c[nH]c3ccccc23)CC1. The summed E-state index contributed by atoms with van der Waals surface area (Å²) in [6, 6.07) is 16.6. The van der Waals surface area contributed by atoms with E-state index in [1.165, 1.54) is 22.0 Å². The van der Waals surface area contributed by atoms with Crippen molar-refractivity contribution in [2.24, 2.45) is 0 Å². The van der Waals surface area contributed by atoms with E-state index >= 15 is 0 Å². The second-order valence-corrected chi connectivity index (χ2v) is 8.27. The third kappa shape index (κ3) is 3.94. The maximum absolute atomic E-state index is 11.6. The van der Waals surface area contributed by atoms with Crippen LogP contribution in [0.2, 0.25) is 5.02 Å². The molecule has 28 heavy (non-hydrogen) atoms. The number of aromatic nitrogens is 1. The van der Waals surface area contributed by atoms with Gasteiger partial charge in [-0.2, -0.15) is 0 Å². The van der Waals surface area contributed by atoms with Gasteiger partial charge in [0, 0.05) is 47.6 Å². The molecular formula is C23H26ClN3O. The van der Waals surface area contributed by atoms with Crippen molar-refractivity contribution in [2.75, 3.05) is 19.6 Å². The molecule has 2 N–H and O–H groups in total. The van der Waals surface area contributed by atoms with Crippen molar-refractivity contribution in [2.45, 2.75) is 31.7 Å². The van der Waals surface area contributed by atoms with Crippen LogP contribution in [0, 0.1) is 0 Å². The van der Waals surface area contributed by atoms with Crippen LogP contribution in [-0.2, 0) is 16.8 Å². The van der Waals surface area contributed by atoms with Gasteiger partial charge in [-0.15, -0.1) is 0 Å². The Hall–Kier alpha value is -2.30. The average molecular weight is 396 g/mol. The summed E-state index contributed by atoms with van der Waals surface area (Å²) in [4.78, 5) is 17.5. The Labute approximate surface area is 170 Å². The first-order valence-electron chi connectivity index (χ1n) is 9.84. The van der Waals surface area contributed by atoms with E-state index in [0.717, 1.165) is 37.5 Å². The Bertz CT molecular complexity index is 955. The fourth-order valence-electron chi connectivity index (χ4n) is 4.31. The minimum Gasteiger partial charge on any atom is -0.361 e. The maximum Gasteiger partial charge on any atom is 0.216 e. The Morgan fingerprint density at radius 1 is 1.14 bits per heavy atom. The normalized spacial score (nSPS) is 16.9. The molecule has 0 aliphatic carbocycles. The van der Waals surface area contributed by atoms with Crippen molar-refractivity contribution in [1.82, 2.24) is 15.2 Å². The van der Waals surface area contributed by atoms with E-state index in [1.807, 2.05) is 12.1 Å². The zero-order valence-corrected chi connectivity index (χ0v) is 16.9. The van der Waals surface area contributed by atoms with Gasteiger partial charge in [-0.3, -0.25) is 9.69 Å². The summed E-state index contributed by atoms with van der Waals surface area (Å²) >= 11 is 6.09. The third-order valence-corrected chi connectivity index (χ3v) is 6.27. The predicted molar refractivity (Wildman–Crippen MR) is 115 cm³/mol. The number of hydrogen-bond acceptors (Lipinski definition) is 2. The highest BCUT2D eigenvalue weighted by atomic mass is 35.5. The van der Waals surface area contributed by atoms with Crippen molar-refractivity contribution < 1.29 is 4.79 Å². The summed E-state index contributed by atoms with van der Waals surface area (Å²) in [5, 5.41) is 5.11. The summed E-state index contributed by atoms with van der Waals surface area (Å²) in [6.07, 6.45) is 4.15. The molecule has 0 radical (unpaired) electrons. The van der Waals surface area contributed by atoms with Gasteiger partial charge < -0.3 is 10.3 Å². The molecule has 4 rings (SSSR count). The molecule has 0 unspecified atom stereocenters. The smallest absolute Gasteiger partial charge is 0.216 e. The molecule has 0 saturated carbocycles. The van der Waals surface area contributed by atoms with Crippen LogP contribution in [-0.4, -0.2) is 35.4 Å². The lowest BCUT2D eigenvalue weighted by Gasteiger charge is -2.42. The van der Waals surface area contributed by atoms with Gasteiger partial charge in [-0.1, -0.05) is 41.9 Å². The first kappa shape index (κ1) is 19.0. The number of aromatic amines is 1. The molecule has 1 aliphatic heterocycles. The number of benzene rings is 2. The van der Waals surface area contributed by atoms with Crippen molar-refractivity contribution in [3.8, 4) is 0 Å². The molecule has 146 valence electrons. The van der Waals surface area contributed by atoms with Crippen molar-refractivity contribution in [1.29, 1.82) is 0 Å². The summed E-state index contributed by atoms with van der Waals surface area (Å²) in [5.74, 6) is 0.0227. The second-order valence-electron chi connectivity index (χ2n) is 7.83. The highest BCUT2D eigenvalue weighted by Gasteiger charge is 2.36. The van der Waals surface area contributed by atoms with Gasteiger partial charge in [0.2, 0.25) is 5.91 Å². The molecule has 0 bridgehead atoms. The van der Waals surface area contributed by atoms with Crippen LogP contribution in [0.25, 0.3) is 10.9 Å². The number of carbonyl (C=O) groups is 1. The van der Waals surface area contributed by atoms with Gasteiger partial charge in [0.05, 0.1) is 0 Å². The number of piperidine rings is 1. The number of fused-ring (bicyclic) bond motifs is 1. The number of carbonyl (C=O) groups excluding carboxylic acids is 1. The monoisotopic (exact) mass is 395 g/mol. The summed E-state index contributed by atoms with van der Waals surface area (Å²) in [5.41, 5.74) is 3.76. The quantitative estimate of drug-likeness (QED) is 0.668. The van der Waals surface area contributed by atoms with Crippen LogP contribution >= 0.6 is 11.6 Å². The number of para-hydroxylation sites is 1. The minimum absolute atomic E-state index is 0.0227. The predicted octanol–water partition coefficient (Wildman–Crippen LogP) is 4.49. The number of hydrogen-bond donors (Lipinski definition) is 2. The van der Waals surface area contributed by atoms with Gasteiger partial charge in [0.25, 0.3) is 0 Å². The molecule has 0 atom stereocenters. The minimum atomic E-state index is -0.0347. The number of amides is 1. The largest absolute Gasteiger partial charge is 0.361 e. The van der Waals surface area contributed by atoms with Crippen LogP contribution < -0.4 is 5.32 Å². The topological polar surface area (TPSA) is 48.1 Å². The van der Waals surface area contributed by atoms with Crippen molar-refractivity contribution >= 4 is 28.4 Å². The van der Waals surface area contributed by atoms with Crippen LogP contribution in [0.15, 0.2) is 54.7 Å². The fourth-order valence-corrected chi connectivity index (χ4v) is 4.43. The van der Waals surface area contributed by atoms with E-state index in [-0.39, 0.29) is 11.3 Å². The van der Waals surface area contributed by atoms with Gasteiger partial charge in [-0.05, 0) is 55.3 Å². The molecular weight excluding hydrogens is 370 g/mol. The lowest BCUT2D eigenvalue weighted by Crippen LogP contribution is -2.48.